The molecule has 0 amide bonds. The van der Waals surface area contributed by atoms with Crippen LogP contribution in [0.2, 0.25) is 0 Å². The van der Waals surface area contributed by atoms with Gasteiger partial charge in [-0.05, 0) is 37.1 Å². The van der Waals surface area contributed by atoms with Crippen LogP contribution in [0.15, 0.2) is 60.9 Å². The van der Waals surface area contributed by atoms with E-state index in [0.717, 1.165) is 25.9 Å². The number of nitro groups is 1. The second-order valence-electron chi connectivity index (χ2n) is 7.82. The molecule has 3 aromatic rings. The van der Waals surface area contributed by atoms with Gasteiger partial charge >= 0.3 is 0 Å². The van der Waals surface area contributed by atoms with E-state index in [1.165, 1.54) is 18.0 Å². The summed E-state index contributed by atoms with van der Waals surface area (Å²) in [5.41, 5.74) is 1.95. The van der Waals surface area contributed by atoms with Gasteiger partial charge in [-0.3, -0.25) is 14.9 Å². The molecule has 1 saturated heterocycles. The molecule has 0 unspecified atom stereocenters. The second-order valence-corrected chi connectivity index (χ2v) is 7.82. The zero-order chi connectivity index (χ0) is 22.0. The van der Waals surface area contributed by atoms with Gasteiger partial charge in [-0.2, -0.15) is 0 Å². The molecule has 1 aliphatic heterocycles. The number of nitro benzene ring substituents is 1. The molecule has 0 N–H and O–H groups in total. The van der Waals surface area contributed by atoms with E-state index < -0.39 is 4.92 Å². The number of imidazole rings is 1. The van der Waals surface area contributed by atoms with Gasteiger partial charge in [-0.15, -0.1) is 0 Å². The van der Waals surface area contributed by atoms with Crippen LogP contribution in [-0.2, 0) is 7.05 Å². The Hall–Kier alpha value is -3.68. The summed E-state index contributed by atoms with van der Waals surface area (Å²) in [7, 11) is 3.82. The van der Waals surface area contributed by atoms with E-state index in [1.54, 1.807) is 29.9 Å². The third-order valence-corrected chi connectivity index (χ3v) is 5.97. The maximum Gasteiger partial charge on any atom is 0.293 e. The van der Waals surface area contributed by atoms with E-state index in [4.69, 9.17) is 0 Å². The van der Waals surface area contributed by atoms with Gasteiger partial charge in [0.1, 0.15) is 5.69 Å². The van der Waals surface area contributed by atoms with E-state index >= 15 is 0 Å². The third kappa shape index (κ3) is 4.14. The summed E-state index contributed by atoms with van der Waals surface area (Å²) in [6, 6.07) is 15.3. The molecule has 2 heterocycles. The highest BCUT2D eigenvalue weighted by atomic mass is 16.6. The van der Waals surface area contributed by atoms with Crippen molar-refractivity contribution in [1.29, 1.82) is 0 Å². The molecule has 4 rings (SSSR count). The predicted octanol–water partition coefficient (Wildman–Crippen LogP) is 3.66. The van der Waals surface area contributed by atoms with Crippen molar-refractivity contribution >= 4 is 22.8 Å². The van der Waals surface area contributed by atoms with Crippen LogP contribution in [0.3, 0.4) is 0 Å². The highest BCUT2D eigenvalue weighted by Crippen LogP contribution is 2.33. The normalized spacial score (nSPS) is 14.5. The van der Waals surface area contributed by atoms with Crippen LogP contribution in [-0.4, -0.2) is 46.4 Å². The highest BCUT2D eigenvalue weighted by molar-refractivity contribution is 6.07. The smallest absolute Gasteiger partial charge is 0.293 e. The van der Waals surface area contributed by atoms with Gasteiger partial charge in [0.15, 0.2) is 5.82 Å². The summed E-state index contributed by atoms with van der Waals surface area (Å²) in [6.45, 7) is 1.44. The third-order valence-electron chi connectivity index (χ3n) is 5.97. The van der Waals surface area contributed by atoms with Gasteiger partial charge in [0.2, 0.25) is 5.78 Å². The van der Waals surface area contributed by atoms with Crippen LogP contribution >= 0.6 is 0 Å². The lowest BCUT2D eigenvalue weighted by Gasteiger charge is -2.38. The summed E-state index contributed by atoms with van der Waals surface area (Å²) in [6.07, 6.45) is 5.01. The Kier molecular flexibility index (Phi) is 5.70. The van der Waals surface area contributed by atoms with Gasteiger partial charge < -0.3 is 14.4 Å². The summed E-state index contributed by atoms with van der Waals surface area (Å²) in [4.78, 5) is 32.5. The Labute approximate surface area is 180 Å². The Bertz CT molecular complexity index is 1090. The van der Waals surface area contributed by atoms with Crippen LogP contribution in [0.1, 0.15) is 29.0 Å². The molecule has 1 aliphatic rings. The summed E-state index contributed by atoms with van der Waals surface area (Å²) in [5, 5.41) is 11.8. The van der Waals surface area contributed by atoms with Crippen molar-refractivity contribution in [1.82, 2.24) is 9.55 Å². The number of carbonyl (C=O) groups excluding carboxylic acids is 1. The fourth-order valence-corrected chi connectivity index (χ4v) is 4.16. The average Bonchev–Trinajstić information content (AvgIpc) is 3.24. The van der Waals surface area contributed by atoms with Gasteiger partial charge in [0.05, 0.1) is 4.92 Å². The molecule has 0 atom stereocenters. The van der Waals surface area contributed by atoms with Crippen LogP contribution in [0, 0.1) is 10.1 Å². The Balaban J connectivity index is 1.52. The number of carbonyl (C=O) groups is 1. The zero-order valence-corrected chi connectivity index (χ0v) is 17.6. The van der Waals surface area contributed by atoms with Gasteiger partial charge in [0.25, 0.3) is 5.69 Å². The fourth-order valence-electron chi connectivity index (χ4n) is 4.16. The molecule has 0 radical (unpaired) electrons. The summed E-state index contributed by atoms with van der Waals surface area (Å²) in [5.74, 6) is -0.0721. The number of aryl methyl sites for hydroxylation is 1. The van der Waals surface area contributed by atoms with Gasteiger partial charge in [0, 0.05) is 62.9 Å². The van der Waals surface area contributed by atoms with Gasteiger partial charge in [-0.25, -0.2) is 4.98 Å². The quantitative estimate of drug-likeness (QED) is 0.344. The molecular formula is C23H25N5O3. The van der Waals surface area contributed by atoms with E-state index in [2.05, 4.69) is 29.1 Å². The maximum absolute atomic E-state index is 12.7. The largest absolute Gasteiger partial charge is 0.371 e. The number of piperidine rings is 1. The van der Waals surface area contributed by atoms with Crippen LogP contribution in [0.25, 0.3) is 0 Å². The van der Waals surface area contributed by atoms with Crippen molar-refractivity contribution in [3.05, 3.63) is 82.4 Å². The molecule has 0 spiro atoms. The molecular weight excluding hydrogens is 394 g/mol. The first kappa shape index (κ1) is 20.6. The van der Waals surface area contributed by atoms with E-state index in [9.17, 15) is 14.9 Å². The van der Waals surface area contributed by atoms with Crippen LogP contribution in [0.5, 0.6) is 0 Å². The highest BCUT2D eigenvalue weighted by Gasteiger charge is 2.28. The van der Waals surface area contributed by atoms with Crippen molar-refractivity contribution in [2.24, 2.45) is 7.05 Å². The first-order valence-corrected chi connectivity index (χ1v) is 10.3. The Morgan fingerprint density at radius 1 is 1.16 bits per heavy atom. The molecule has 0 bridgehead atoms. The summed E-state index contributed by atoms with van der Waals surface area (Å²) >= 11 is 0. The Morgan fingerprint density at radius 3 is 2.48 bits per heavy atom. The number of anilines is 2. The van der Waals surface area contributed by atoms with E-state index in [0.29, 0.717) is 11.7 Å². The maximum atomic E-state index is 12.7. The second kappa shape index (κ2) is 8.59. The number of nitrogens with zero attached hydrogens (tertiary/aromatic N) is 5. The molecule has 0 saturated carbocycles. The van der Waals surface area contributed by atoms with E-state index in [-0.39, 0.29) is 22.9 Å². The lowest BCUT2D eigenvalue weighted by molar-refractivity contribution is -0.384. The molecule has 31 heavy (non-hydrogen) atoms. The monoisotopic (exact) mass is 419 g/mol. The lowest BCUT2D eigenvalue weighted by atomic mass is 10.0. The number of rotatable bonds is 6. The summed E-state index contributed by atoms with van der Waals surface area (Å²) < 4.78 is 1.61. The topological polar surface area (TPSA) is 84.5 Å². The number of aromatic nitrogens is 2. The SMILES string of the molecule is CN(c1ccccc1)C1CCN(c2ccc(C(=O)c3nccn3C)cc2[N+](=O)[O-])CC1. The molecule has 8 nitrogen and oxygen atoms in total. The number of hydrogen-bond acceptors (Lipinski definition) is 6. The number of para-hydroxylation sites is 1. The predicted molar refractivity (Wildman–Crippen MR) is 120 cm³/mol. The van der Waals surface area contributed by atoms with Crippen LogP contribution in [0.4, 0.5) is 17.1 Å². The minimum Gasteiger partial charge on any atom is -0.371 e. The number of ketones is 1. The minimum absolute atomic E-state index is 0.0464. The first-order chi connectivity index (χ1) is 15.0. The molecule has 8 heteroatoms. The van der Waals surface area contributed by atoms with Crippen molar-refractivity contribution in [2.45, 2.75) is 18.9 Å². The first-order valence-electron chi connectivity index (χ1n) is 10.3. The minimum atomic E-state index is -0.410. The fraction of sp³-hybridized carbons (Fsp3) is 0.304. The van der Waals surface area contributed by atoms with Crippen LogP contribution < -0.4 is 9.80 Å². The van der Waals surface area contributed by atoms with Crippen molar-refractivity contribution in [3.8, 4) is 0 Å². The molecule has 1 fully saturated rings. The van der Waals surface area contributed by atoms with Crippen molar-refractivity contribution < 1.29 is 9.72 Å². The lowest BCUT2D eigenvalue weighted by Crippen LogP contribution is -2.43. The zero-order valence-electron chi connectivity index (χ0n) is 17.6. The van der Waals surface area contributed by atoms with Crippen molar-refractivity contribution in [3.63, 3.8) is 0 Å². The molecule has 1 aromatic heterocycles. The molecule has 0 aliphatic carbocycles. The number of hydrogen-bond donors (Lipinski definition) is 0. The van der Waals surface area contributed by atoms with Crippen molar-refractivity contribution in [2.75, 3.05) is 29.9 Å². The molecule has 160 valence electrons. The standard InChI is InChI=1S/C23H25N5O3/c1-25-15-12-24-23(25)22(29)17-8-9-20(21(16-17)28(30)31)27-13-10-19(11-14-27)26(2)18-6-4-3-5-7-18/h3-9,12,15-16,19H,10-11,13-14H2,1-2H3. The Morgan fingerprint density at radius 2 is 1.87 bits per heavy atom. The van der Waals surface area contributed by atoms with E-state index in [1.807, 2.05) is 23.1 Å². The number of benzene rings is 2. The average molecular weight is 419 g/mol. The van der Waals surface area contributed by atoms with Gasteiger partial charge in [-0.1, -0.05) is 18.2 Å². The molecule has 2 aromatic carbocycles.